The highest BCUT2D eigenvalue weighted by Crippen LogP contribution is 2.27. The molecular formula is C21H25Cl2N3O4S. The van der Waals surface area contributed by atoms with Crippen LogP contribution in [0, 0.1) is 0 Å². The third kappa shape index (κ3) is 5.98. The van der Waals surface area contributed by atoms with Gasteiger partial charge in [-0.15, -0.1) is 0 Å². The zero-order valence-corrected chi connectivity index (χ0v) is 20.0. The highest BCUT2D eigenvalue weighted by molar-refractivity contribution is 7.89. The van der Waals surface area contributed by atoms with Crippen molar-refractivity contribution in [3.8, 4) is 0 Å². The maximum atomic E-state index is 12.9. The smallest absolute Gasteiger partial charge is 0.257 e. The molecule has 7 nitrogen and oxygen atoms in total. The maximum Gasteiger partial charge on any atom is 0.257 e. The number of rotatable bonds is 8. The van der Waals surface area contributed by atoms with E-state index in [4.69, 9.17) is 23.2 Å². The van der Waals surface area contributed by atoms with Crippen molar-refractivity contribution in [2.45, 2.75) is 38.6 Å². The zero-order chi connectivity index (χ0) is 23.3. The second-order valence-corrected chi connectivity index (χ2v) is 9.76. The monoisotopic (exact) mass is 485 g/mol. The fourth-order valence-corrected chi connectivity index (χ4v) is 4.70. The van der Waals surface area contributed by atoms with Gasteiger partial charge < -0.3 is 10.6 Å². The minimum Gasteiger partial charge on any atom is -0.350 e. The van der Waals surface area contributed by atoms with E-state index >= 15 is 0 Å². The fraction of sp³-hybridized carbons (Fsp3) is 0.333. The molecule has 0 unspecified atom stereocenters. The second-order valence-electron chi connectivity index (χ2n) is 7.01. The lowest BCUT2D eigenvalue weighted by molar-refractivity contribution is 0.0941. The van der Waals surface area contributed by atoms with Gasteiger partial charge in [0.05, 0.1) is 26.2 Å². The van der Waals surface area contributed by atoms with Crippen LogP contribution in [0.15, 0.2) is 41.3 Å². The molecule has 0 spiro atoms. The molecule has 2 aromatic carbocycles. The first-order valence-corrected chi connectivity index (χ1v) is 11.9. The molecule has 0 radical (unpaired) electrons. The number of sulfonamides is 1. The summed E-state index contributed by atoms with van der Waals surface area (Å²) < 4.78 is 26.9. The number of halogens is 2. The molecule has 10 heteroatoms. The lowest BCUT2D eigenvalue weighted by Crippen LogP contribution is -2.30. The Balaban J connectivity index is 2.38. The summed E-state index contributed by atoms with van der Waals surface area (Å²) in [6, 6.07) is 8.37. The molecule has 168 valence electrons. The summed E-state index contributed by atoms with van der Waals surface area (Å²) in [4.78, 5) is 25.1. The largest absolute Gasteiger partial charge is 0.350 e. The molecule has 0 atom stereocenters. The van der Waals surface area contributed by atoms with Crippen molar-refractivity contribution in [3.63, 3.8) is 0 Å². The Hall–Kier alpha value is -2.13. The molecule has 31 heavy (non-hydrogen) atoms. The Morgan fingerprint density at radius 3 is 2.16 bits per heavy atom. The Kier molecular flexibility index (Phi) is 8.48. The SMILES string of the molecule is CCN(CC)S(=O)(=O)c1ccc(Cl)c(C(=O)Nc2cc(C(=O)NC(C)C)ccc2Cl)c1. The van der Waals surface area contributed by atoms with Gasteiger partial charge in [-0.3, -0.25) is 9.59 Å². The van der Waals surface area contributed by atoms with Crippen LogP contribution in [-0.2, 0) is 10.0 Å². The van der Waals surface area contributed by atoms with E-state index in [1.54, 1.807) is 19.9 Å². The van der Waals surface area contributed by atoms with Gasteiger partial charge in [0.25, 0.3) is 11.8 Å². The van der Waals surface area contributed by atoms with E-state index in [0.717, 1.165) is 0 Å². The van der Waals surface area contributed by atoms with Gasteiger partial charge >= 0.3 is 0 Å². The van der Waals surface area contributed by atoms with Crippen molar-refractivity contribution < 1.29 is 18.0 Å². The molecule has 2 aromatic rings. The Labute approximate surface area is 192 Å². The zero-order valence-electron chi connectivity index (χ0n) is 17.7. The molecule has 0 fully saturated rings. The first-order valence-electron chi connectivity index (χ1n) is 9.72. The molecule has 0 aliphatic heterocycles. The fourth-order valence-electron chi connectivity index (χ4n) is 2.85. The average molecular weight is 486 g/mol. The van der Waals surface area contributed by atoms with Crippen molar-refractivity contribution in [3.05, 3.63) is 57.6 Å². The van der Waals surface area contributed by atoms with E-state index < -0.39 is 15.9 Å². The minimum atomic E-state index is -3.77. The molecule has 0 aliphatic rings. The van der Waals surface area contributed by atoms with Crippen LogP contribution in [-0.4, -0.2) is 43.7 Å². The molecule has 2 rings (SSSR count). The molecule has 0 bridgehead atoms. The lowest BCUT2D eigenvalue weighted by atomic mass is 10.1. The van der Waals surface area contributed by atoms with Gasteiger partial charge in [-0.2, -0.15) is 4.31 Å². The molecular weight excluding hydrogens is 461 g/mol. The van der Waals surface area contributed by atoms with Gasteiger partial charge in [0.2, 0.25) is 10.0 Å². The van der Waals surface area contributed by atoms with Crippen LogP contribution in [0.5, 0.6) is 0 Å². The van der Waals surface area contributed by atoms with E-state index in [1.807, 2.05) is 13.8 Å². The summed E-state index contributed by atoms with van der Waals surface area (Å²) in [5.41, 5.74) is 0.497. The predicted octanol–water partition coefficient (Wildman–Crippen LogP) is 4.41. The van der Waals surface area contributed by atoms with Gasteiger partial charge in [-0.05, 0) is 50.2 Å². The van der Waals surface area contributed by atoms with Gasteiger partial charge in [0.1, 0.15) is 0 Å². The summed E-state index contributed by atoms with van der Waals surface area (Å²) in [5.74, 6) is -0.961. The van der Waals surface area contributed by atoms with E-state index in [0.29, 0.717) is 18.7 Å². The first kappa shape index (κ1) is 25.1. The van der Waals surface area contributed by atoms with Crippen LogP contribution in [0.25, 0.3) is 0 Å². The van der Waals surface area contributed by atoms with Crippen molar-refractivity contribution in [1.82, 2.24) is 9.62 Å². The highest BCUT2D eigenvalue weighted by atomic mass is 35.5. The van der Waals surface area contributed by atoms with Crippen molar-refractivity contribution in [1.29, 1.82) is 0 Å². The topological polar surface area (TPSA) is 95.6 Å². The Morgan fingerprint density at radius 1 is 0.968 bits per heavy atom. The number of nitrogens with one attached hydrogen (secondary N) is 2. The lowest BCUT2D eigenvalue weighted by Gasteiger charge is -2.19. The molecule has 0 saturated heterocycles. The minimum absolute atomic E-state index is 0.0250. The number of benzene rings is 2. The highest BCUT2D eigenvalue weighted by Gasteiger charge is 2.24. The molecule has 2 amide bonds. The van der Waals surface area contributed by atoms with E-state index in [1.165, 1.54) is 34.6 Å². The third-order valence-electron chi connectivity index (χ3n) is 4.42. The first-order chi connectivity index (χ1) is 14.5. The number of nitrogens with zero attached hydrogens (tertiary/aromatic N) is 1. The van der Waals surface area contributed by atoms with Crippen molar-refractivity contribution in [2.75, 3.05) is 18.4 Å². The summed E-state index contributed by atoms with van der Waals surface area (Å²) in [7, 11) is -3.77. The van der Waals surface area contributed by atoms with Gasteiger partial charge in [0.15, 0.2) is 0 Å². The van der Waals surface area contributed by atoms with Gasteiger partial charge in [-0.1, -0.05) is 37.0 Å². The Bertz CT molecular complexity index is 1080. The van der Waals surface area contributed by atoms with Crippen LogP contribution in [0.3, 0.4) is 0 Å². The summed E-state index contributed by atoms with van der Waals surface area (Å²) >= 11 is 12.3. The quantitative estimate of drug-likeness (QED) is 0.578. The summed E-state index contributed by atoms with van der Waals surface area (Å²) in [6.45, 7) is 7.72. The van der Waals surface area contributed by atoms with E-state index in [-0.39, 0.29) is 38.1 Å². The maximum absolute atomic E-state index is 12.9. The number of amides is 2. The number of carbonyl (C=O) groups is 2. The number of carbonyl (C=O) groups excluding carboxylic acids is 2. The van der Waals surface area contributed by atoms with Gasteiger partial charge in [-0.25, -0.2) is 8.42 Å². The van der Waals surface area contributed by atoms with Crippen molar-refractivity contribution in [2.24, 2.45) is 0 Å². The van der Waals surface area contributed by atoms with Gasteiger partial charge in [0, 0.05) is 24.7 Å². The van der Waals surface area contributed by atoms with E-state index in [2.05, 4.69) is 10.6 Å². The molecule has 2 N–H and O–H groups in total. The Morgan fingerprint density at radius 2 is 1.58 bits per heavy atom. The van der Waals surface area contributed by atoms with Crippen molar-refractivity contribution >= 4 is 50.7 Å². The standard InChI is InChI=1S/C21H25Cl2N3O4S/c1-5-26(6-2)31(29,30)15-8-10-17(22)16(12-15)21(28)25-19-11-14(7-9-18(19)23)20(27)24-13(3)4/h7-13H,5-6H2,1-4H3,(H,24,27)(H,25,28). The predicted molar refractivity (Wildman–Crippen MR) is 124 cm³/mol. The van der Waals surface area contributed by atoms with Crippen LogP contribution in [0.2, 0.25) is 10.0 Å². The van der Waals surface area contributed by atoms with E-state index in [9.17, 15) is 18.0 Å². The number of anilines is 1. The summed E-state index contributed by atoms with van der Waals surface area (Å²) in [5, 5.41) is 5.67. The molecule has 0 heterocycles. The van der Waals surface area contributed by atoms with Crippen LogP contribution < -0.4 is 10.6 Å². The molecule has 0 saturated carbocycles. The normalized spacial score (nSPS) is 11.6. The average Bonchev–Trinajstić information content (AvgIpc) is 2.69. The number of hydrogen-bond donors (Lipinski definition) is 2. The number of hydrogen-bond acceptors (Lipinski definition) is 4. The van der Waals surface area contributed by atoms with Crippen LogP contribution in [0.4, 0.5) is 5.69 Å². The summed E-state index contributed by atoms with van der Waals surface area (Å²) in [6.07, 6.45) is 0. The molecule has 0 aliphatic carbocycles. The molecule has 0 aromatic heterocycles. The van der Waals surface area contributed by atoms with Crippen LogP contribution in [0.1, 0.15) is 48.4 Å². The van der Waals surface area contributed by atoms with Crippen LogP contribution >= 0.6 is 23.2 Å². The second kappa shape index (κ2) is 10.5. The third-order valence-corrected chi connectivity index (χ3v) is 7.13.